The minimum absolute atomic E-state index is 0.0664. The lowest BCUT2D eigenvalue weighted by molar-refractivity contribution is -0.139. The summed E-state index contributed by atoms with van der Waals surface area (Å²) >= 11 is 0. The Morgan fingerprint density at radius 3 is 2.77 bits per heavy atom. The first kappa shape index (κ1) is 21.1. The topological polar surface area (TPSA) is 66.8 Å². The summed E-state index contributed by atoms with van der Waals surface area (Å²) in [6, 6.07) is 10.4. The number of fused-ring (bicyclic) bond motifs is 1. The molecule has 0 aliphatic carbocycles. The van der Waals surface area contributed by atoms with Gasteiger partial charge in [-0.05, 0) is 49.1 Å². The van der Waals surface area contributed by atoms with E-state index in [9.17, 15) is 19.1 Å². The molecule has 0 saturated carbocycles. The van der Waals surface area contributed by atoms with Crippen LogP contribution < -0.4 is 4.74 Å². The van der Waals surface area contributed by atoms with E-state index in [4.69, 9.17) is 4.74 Å². The fourth-order valence-corrected chi connectivity index (χ4v) is 4.33. The summed E-state index contributed by atoms with van der Waals surface area (Å²) < 4.78 is 20.4. The SMILES string of the molecule is CCCCCN1C(=O)C(=O)/C(=C(/O)c2ccc3c(c2)CCCO3)C1c1ccccc1F. The molecule has 1 unspecified atom stereocenters. The number of aliphatic hydroxyl groups is 1. The van der Waals surface area contributed by atoms with Crippen LogP contribution in [0, 0.1) is 5.82 Å². The fraction of sp³-hybridized carbons (Fsp3) is 0.360. The summed E-state index contributed by atoms with van der Waals surface area (Å²) in [4.78, 5) is 27.2. The molecule has 2 aliphatic heterocycles. The lowest BCUT2D eigenvalue weighted by atomic mass is 9.93. The minimum atomic E-state index is -0.953. The van der Waals surface area contributed by atoms with Crippen molar-refractivity contribution < 1.29 is 23.8 Å². The van der Waals surface area contributed by atoms with Crippen LogP contribution in [0.15, 0.2) is 48.0 Å². The Hall–Kier alpha value is -3.15. The summed E-state index contributed by atoms with van der Waals surface area (Å²) in [7, 11) is 0. The highest BCUT2D eigenvalue weighted by Gasteiger charge is 2.46. The number of benzene rings is 2. The molecule has 2 aromatic carbocycles. The van der Waals surface area contributed by atoms with Crippen LogP contribution in [0.3, 0.4) is 0 Å². The smallest absolute Gasteiger partial charge is 0.295 e. The Morgan fingerprint density at radius 2 is 2.00 bits per heavy atom. The molecular formula is C25H26FNO4. The number of hydrogen-bond donors (Lipinski definition) is 1. The molecule has 1 atom stereocenters. The van der Waals surface area contributed by atoms with Gasteiger partial charge in [0.1, 0.15) is 17.3 Å². The zero-order valence-electron chi connectivity index (χ0n) is 17.6. The van der Waals surface area contributed by atoms with E-state index < -0.39 is 23.5 Å². The summed E-state index contributed by atoms with van der Waals surface area (Å²) in [6.07, 6.45) is 4.21. The summed E-state index contributed by atoms with van der Waals surface area (Å²) in [6.45, 7) is 3.02. The molecule has 0 aromatic heterocycles. The van der Waals surface area contributed by atoms with Crippen molar-refractivity contribution in [2.45, 2.75) is 45.1 Å². The van der Waals surface area contributed by atoms with Gasteiger partial charge in [0, 0.05) is 17.7 Å². The molecule has 2 heterocycles. The van der Waals surface area contributed by atoms with Gasteiger partial charge in [-0.25, -0.2) is 4.39 Å². The van der Waals surface area contributed by atoms with Crippen molar-refractivity contribution in [2.24, 2.45) is 0 Å². The zero-order valence-corrected chi connectivity index (χ0v) is 17.6. The van der Waals surface area contributed by atoms with Crippen LogP contribution in [0.4, 0.5) is 4.39 Å². The number of aryl methyl sites for hydroxylation is 1. The van der Waals surface area contributed by atoms with Crippen LogP contribution >= 0.6 is 0 Å². The molecular weight excluding hydrogens is 397 g/mol. The zero-order chi connectivity index (χ0) is 22.0. The molecule has 1 saturated heterocycles. The Labute approximate surface area is 181 Å². The number of amides is 1. The van der Waals surface area contributed by atoms with E-state index >= 15 is 0 Å². The number of carbonyl (C=O) groups is 2. The van der Waals surface area contributed by atoms with Crippen molar-refractivity contribution >= 4 is 17.4 Å². The molecule has 5 nitrogen and oxygen atoms in total. The fourth-order valence-electron chi connectivity index (χ4n) is 4.33. The van der Waals surface area contributed by atoms with Crippen LogP contribution in [0.1, 0.15) is 55.3 Å². The van der Waals surface area contributed by atoms with E-state index in [0.717, 1.165) is 37.0 Å². The van der Waals surface area contributed by atoms with E-state index in [2.05, 4.69) is 0 Å². The Morgan fingerprint density at radius 1 is 1.19 bits per heavy atom. The van der Waals surface area contributed by atoms with Crippen molar-refractivity contribution in [1.82, 2.24) is 4.90 Å². The molecule has 31 heavy (non-hydrogen) atoms. The maximum Gasteiger partial charge on any atom is 0.295 e. The summed E-state index contributed by atoms with van der Waals surface area (Å²) in [5.74, 6) is -1.52. The number of hydrogen-bond acceptors (Lipinski definition) is 4. The second kappa shape index (κ2) is 8.92. The first-order chi connectivity index (χ1) is 15.0. The second-order valence-electron chi connectivity index (χ2n) is 8.00. The number of carbonyl (C=O) groups excluding carboxylic acids is 2. The van der Waals surface area contributed by atoms with E-state index in [1.165, 1.54) is 11.0 Å². The molecule has 0 radical (unpaired) electrons. The average Bonchev–Trinajstić information content (AvgIpc) is 3.03. The highest BCUT2D eigenvalue weighted by atomic mass is 19.1. The highest BCUT2D eigenvalue weighted by Crippen LogP contribution is 2.41. The number of nitrogens with zero attached hydrogens (tertiary/aromatic N) is 1. The van der Waals surface area contributed by atoms with E-state index in [-0.39, 0.29) is 16.9 Å². The maximum absolute atomic E-state index is 14.8. The lowest BCUT2D eigenvalue weighted by Crippen LogP contribution is -2.31. The van der Waals surface area contributed by atoms with Crippen molar-refractivity contribution in [3.63, 3.8) is 0 Å². The van der Waals surface area contributed by atoms with Gasteiger partial charge in [0.2, 0.25) is 0 Å². The quantitative estimate of drug-likeness (QED) is 0.315. The van der Waals surface area contributed by atoms with Gasteiger partial charge in [-0.15, -0.1) is 0 Å². The Balaban J connectivity index is 1.82. The average molecular weight is 423 g/mol. The number of ether oxygens (including phenoxy) is 1. The van der Waals surface area contributed by atoms with Crippen LogP contribution in [-0.2, 0) is 16.0 Å². The molecule has 1 amide bonds. The number of rotatable bonds is 6. The monoisotopic (exact) mass is 423 g/mol. The minimum Gasteiger partial charge on any atom is -0.507 e. The van der Waals surface area contributed by atoms with Crippen LogP contribution in [0.25, 0.3) is 5.76 Å². The van der Waals surface area contributed by atoms with Crippen molar-refractivity contribution in [3.8, 4) is 5.75 Å². The van der Waals surface area contributed by atoms with E-state index in [1.54, 1.807) is 36.4 Å². The number of aliphatic hydroxyl groups excluding tert-OH is 1. The lowest BCUT2D eigenvalue weighted by Gasteiger charge is -2.25. The van der Waals surface area contributed by atoms with Gasteiger partial charge in [-0.2, -0.15) is 0 Å². The van der Waals surface area contributed by atoms with Gasteiger partial charge in [0.05, 0.1) is 18.2 Å². The number of unbranched alkanes of at least 4 members (excludes halogenated alkanes) is 2. The Kier molecular flexibility index (Phi) is 6.07. The standard InChI is InChI=1S/C25H26FNO4/c1-2-3-6-13-27-22(18-9-4-5-10-19(18)26)21(24(29)25(27)30)23(28)17-11-12-20-16(15-17)8-7-14-31-20/h4-5,9-12,15,22,28H,2-3,6-8,13-14H2,1H3/b23-21+. The predicted molar refractivity (Wildman–Crippen MR) is 115 cm³/mol. The largest absolute Gasteiger partial charge is 0.507 e. The summed E-state index contributed by atoms with van der Waals surface area (Å²) in [5.41, 5.74) is 1.51. The molecule has 1 N–H and O–H groups in total. The summed E-state index contributed by atoms with van der Waals surface area (Å²) in [5, 5.41) is 11.1. The Bertz CT molecular complexity index is 1050. The van der Waals surface area contributed by atoms with Crippen LogP contribution in [0.2, 0.25) is 0 Å². The number of halogens is 1. The first-order valence-corrected chi connectivity index (χ1v) is 10.8. The van der Waals surface area contributed by atoms with Crippen molar-refractivity contribution in [2.75, 3.05) is 13.2 Å². The highest BCUT2D eigenvalue weighted by molar-refractivity contribution is 6.46. The first-order valence-electron chi connectivity index (χ1n) is 10.8. The number of Topliss-reactive ketones (excluding diaryl/α,β-unsaturated/α-hetero) is 1. The molecule has 2 aliphatic rings. The van der Waals surface area contributed by atoms with Crippen molar-refractivity contribution in [3.05, 3.63) is 70.5 Å². The molecule has 2 aromatic rings. The van der Waals surface area contributed by atoms with Gasteiger partial charge in [0.25, 0.3) is 11.7 Å². The maximum atomic E-state index is 14.8. The molecule has 0 bridgehead atoms. The van der Waals surface area contributed by atoms with Gasteiger partial charge in [-0.1, -0.05) is 38.0 Å². The normalized spacial score (nSPS) is 19.9. The molecule has 162 valence electrons. The third kappa shape index (κ3) is 3.94. The third-order valence-electron chi connectivity index (χ3n) is 5.92. The second-order valence-corrected chi connectivity index (χ2v) is 8.00. The number of likely N-dealkylation sites (tertiary alicyclic amines) is 1. The van der Waals surface area contributed by atoms with Gasteiger partial charge in [0.15, 0.2) is 0 Å². The number of ketones is 1. The van der Waals surface area contributed by atoms with Gasteiger partial charge in [-0.3, -0.25) is 9.59 Å². The molecule has 0 spiro atoms. The molecule has 1 fully saturated rings. The predicted octanol–water partition coefficient (Wildman–Crippen LogP) is 4.76. The van der Waals surface area contributed by atoms with E-state index in [0.29, 0.717) is 25.1 Å². The van der Waals surface area contributed by atoms with Gasteiger partial charge < -0.3 is 14.7 Å². The van der Waals surface area contributed by atoms with Crippen LogP contribution in [-0.4, -0.2) is 34.8 Å². The van der Waals surface area contributed by atoms with Crippen LogP contribution in [0.5, 0.6) is 5.75 Å². The van der Waals surface area contributed by atoms with E-state index in [1.807, 2.05) is 6.92 Å². The third-order valence-corrected chi connectivity index (χ3v) is 5.92. The molecule has 4 rings (SSSR count). The van der Waals surface area contributed by atoms with Gasteiger partial charge >= 0.3 is 0 Å². The molecule has 6 heteroatoms. The van der Waals surface area contributed by atoms with Crippen molar-refractivity contribution in [1.29, 1.82) is 0 Å².